The molecule has 0 aliphatic heterocycles. The van der Waals surface area contributed by atoms with Crippen LogP contribution in [0.15, 0.2) is 42.5 Å². The fourth-order valence-corrected chi connectivity index (χ4v) is 3.04. The van der Waals surface area contributed by atoms with Crippen LogP contribution >= 0.6 is 11.3 Å². The van der Waals surface area contributed by atoms with Gasteiger partial charge in [-0.1, -0.05) is 25.1 Å². The first-order chi connectivity index (χ1) is 11.5. The molecule has 0 fully saturated rings. The second-order valence-corrected chi connectivity index (χ2v) is 6.85. The molecule has 0 unspecified atom stereocenters. The fraction of sp³-hybridized carbons (Fsp3) is 0.263. The number of amides is 2. The summed E-state index contributed by atoms with van der Waals surface area (Å²) in [5.74, 6) is -0.396. The van der Waals surface area contributed by atoms with Gasteiger partial charge in [-0.3, -0.25) is 9.59 Å². The third kappa shape index (κ3) is 5.06. The molecule has 1 aromatic heterocycles. The van der Waals surface area contributed by atoms with Gasteiger partial charge in [-0.2, -0.15) is 0 Å². The summed E-state index contributed by atoms with van der Waals surface area (Å²) in [4.78, 5) is 27.9. The maximum atomic E-state index is 12.1. The van der Waals surface area contributed by atoms with E-state index in [-0.39, 0.29) is 18.4 Å². The van der Waals surface area contributed by atoms with Crippen LogP contribution in [0.25, 0.3) is 6.08 Å². The summed E-state index contributed by atoms with van der Waals surface area (Å²) in [5.41, 5.74) is 1.88. The zero-order chi connectivity index (χ0) is 17.5. The van der Waals surface area contributed by atoms with Gasteiger partial charge in [0, 0.05) is 28.6 Å². The molecular weight excluding hydrogens is 320 g/mol. The average Bonchev–Trinajstić information content (AvgIpc) is 2.98. The Morgan fingerprint density at radius 3 is 2.62 bits per heavy atom. The van der Waals surface area contributed by atoms with Crippen molar-refractivity contribution in [2.24, 2.45) is 0 Å². The highest BCUT2D eigenvalue weighted by Gasteiger charge is 2.12. The van der Waals surface area contributed by atoms with E-state index >= 15 is 0 Å². The van der Waals surface area contributed by atoms with Crippen LogP contribution in [0.3, 0.4) is 0 Å². The molecule has 2 rings (SSSR count). The van der Waals surface area contributed by atoms with Crippen molar-refractivity contribution >= 4 is 34.9 Å². The van der Waals surface area contributed by atoms with Gasteiger partial charge in [0.2, 0.25) is 11.8 Å². The van der Waals surface area contributed by atoms with Crippen molar-refractivity contribution < 1.29 is 9.59 Å². The standard InChI is InChI=1S/C19H22N2O2S/c1-4-15-7-5-6-8-17(15)20-18(22)13-21(3)19(23)12-11-16-10-9-14(2)24-16/h5-12H,4,13H2,1-3H3,(H,20,22)/b12-11+. The van der Waals surface area contributed by atoms with Crippen LogP contribution in [0.4, 0.5) is 5.69 Å². The molecule has 0 aliphatic carbocycles. The molecule has 0 radical (unpaired) electrons. The lowest BCUT2D eigenvalue weighted by Gasteiger charge is -2.16. The number of aryl methyl sites for hydroxylation is 2. The van der Waals surface area contributed by atoms with Crippen molar-refractivity contribution in [1.29, 1.82) is 0 Å². The number of hydrogen-bond acceptors (Lipinski definition) is 3. The lowest BCUT2D eigenvalue weighted by molar-refractivity contribution is -0.129. The highest BCUT2D eigenvalue weighted by Crippen LogP contribution is 2.17. The SMILES string of the molecule is CCc1ccccc1NC(=O)CN(C)C(=O)/C=C/c1ccc(C)s1. The molecule has 0 bridgehead atoms. The van der Waals surface area contributed by atoms with Gasteiger partial charge in [-0.15, -0.1) is 11.3 Å². The molecule has 2 amide bonds. The van der Waals surface area contributed by atoms with E-state index in [1.165, 1.54) is 15.9 Å². The Bertz CT molecular complexity index is 749. The van der Waals surface area contributed by atoms with Gasteiger partial charge in [0.05, 0.1) is 6.54 Å². The van der Waals surface area contributed by atoms with Crippen LogP contribution in [-0.2, 0) is 16.0 Å². The first-order valence-corrected chi connectivity index (χ1v) is 8.68. The predicted octanol–water partition coefficient (Wildman–Crippen LogP) is 3.73. The minimum absolute atomic E-state index is 0.0185. The minimum atomic E-state index is -0.202. The third-order valence-electron chi connectivity index (χ3n) is 3.58. The van der Waals surface area contributed by atoms with Gasteiger partial charge in [0.1, 0.15) is 0 Å². The first kappa shape index (κ1) is 17.9. The number of para-hydroxylation sites is 1. The van der Waals surface area contributed by atoms with E-state index in [1.807, 2.05) is 50.2 Å². The zero-order valence-electron chi connectivity index (χ0n) is 14.2. The van der Waals surface area contributed by atoms with Crippen LogP contribution in [0.1, 0.15) is 22.2 Å². The molecule has 0 aliphatic rings. The summed E-state index contributed by atoms with van der Waals surface area (Å²) in [6.45, 7) is 4.08. The summed E-state index contributed by atoms with van der Waals surface area (Å²) in [6.07, 6.45) is 4.12. The van der Waals surface area contributed by atoms with Crippen LogP contribution in [-0.4, -0.2) is 30.3 Å². The van der Waals surface area contributed by atoms with Gasteiger partial charge < -0.3 is 10.2 Å². The summed E-state index contributed by atoms with van der Waals surface area (Å²) in [7, 11) is 1.62. The van der Waals surface area contributed by atoms with Gasteiger partial charge in [0.15, 0.2) is 0 Å². The van der Waals surface area contributed by atoms with E-state index in [1.54, 1.807) is 24.5 Å². The van der Waals surface area contributed by atoms with Crippen LogP contribution in [0.5, 0.6) is 0 Å². The summed E-state index contributed by atoms with van der Waals surface area (Å²) in [6, 6.07) is 11.7. The molecule has 0 saturated carbocycles. The number of nitrogens with zero attached hydrogens (tertiary/aromatic N) is 1. The number of benzene rings is 1. The lowest BCUT2D eigenvalue weighted by Crippen LogP contribution is -2.34. The van der Waals surface area contributed by atoms with Crippen molar-refractivity contribution in [3.05, 3.63) is 57.8 Å². The minimum Gasteiger partial charge on any atom is -0.333 e. The predicted molar refractivity (Wildman–Crippen MR) is 100 cm³/mol. The van der Waals surface area contributed by atoms with Crippen molar-refractivity contribution in [1.82, 2.24) is 4.90 Å². The Kier molecular flexibility index (Phi) is 6.32. The summed E-state index contributed by atoms with van der Waals surface area (Å²) >= 11 is 1.62. The molecule has 0 saturated heterocycles. The Hall–Kier alpha value is -2.40. The Morgan fingerprint density at radius 2 is 1.96 bits per heavy atom. The van der Waals surface area contributed by atoms with Gasteiger partial charge in [-0.05, 0) is 43.2 Å². The molecule has 126 valence electrons. The maximum Gasteiger partial charge on any atom is 0.246 e. The Morgan fingerprint density at radius 1 is 1.21 bits per heavy atom. The monoisotopic (exact) mass is 342 g/mol. The van der Waals surface area contributed by atoms with Gasteiger partial charge in [-0.25, -0.2) is 0 Å². The molecule has 5 heteroatoms. The van der Waals surface area contributed by atoms with Crippen molar-refractivity contribution in [2.45, 2.75) is 20.3 Å². The number of rotatable bonds is 6. The highest BCUT2D eigenvalue weighted by atomic mass is 32.1. The largest absolute Gasteiger partial charge is 0.333 e. The molecule has 0 atom stereocenters. The second kappa shape index (κ2) is 8.45. The van der Waals surface area contributed by atoms with Crippen LogP contribution in [0.2, 0.25) is 0 Å². The summed E-state index contributed by atoms with van der Waals surface area (Å²) < 4.78 is 0. The van der Waals surface area contributed by atoms with E-state index < -0.39 is 0 Å². The van der Waals surface area contributed by atoms with E-state index in [4.69, 9.17) is 0 Å². The zero-order valence-corrected chi connectivity index (χ0v) is 15.0. The second-order valence-electron chi connectivity index (χ2n) is 5.53. The summed E-state index contributed by atoms with van der Waals surface area (Å²) in [5, 5.41) is 2.87. The van der Waals surface area contributed by atoms with E-state index in [0.717, 1.165) is 22.5 Å². The van der Waals surface area contributed by atoms with E-state index in [2.05, 4.69) is 5.32 Å². The Labute approximate surface area is 146 Å². The molecule has 2 aromatic rings. The van der Waals surface area contributed by atoms with E-state index in [9.17, 15) is 9.59 Å². The van der Waals surface area contributed by atoms with Gasteiger partial charge >= 0.3 is 0 Å². The van der Waals surface area contributed by atoms with Crippen molar-refractivity contribution in [3.63, 3.8) is 0 Å². The number of likely N-dealkylation sites (N-methyl/N-ethyl adjacent to an activating group) is 1. The first-order valence-electron chi connectivity index (χ1n) is 7.87. The van der Waals surface area contributed by atoms with Crippen molar-refractivity contribution in [2.75, 3.05) is 18.9 Å². The number of nitrogens with one attached hydrogen (secondary N) is 1. The molecule has 0 spiro atoms. The number of thiophene rings is 1. The fourth-order valence-electron chi connectivity index (χ4n) is 2.26. The molecule has 1 heterocycles. The average molecular weight is 342 g/mol. The molecule has 1 N–H and O–H groups in total. The maximum absolute atomic E-state index is 12.1. The number of carbonyl (C=O) groups excluding carboxylic acids is 2. The van der Waals surface area contributed by atoms with Crippen LogP contribution < -0.4 is 5.32 Å². The lowest BCUT2D eigenvalue weighted by atomic mass is 10.1. The van der Waals surface area contributed by atoms with Gasteiger partial charge in [0.25, 0.3) is 0 Å². The normalized spacial score (nSPS) is 10.8. The smallest absolute Gasteiger partial charge is 0.246 e. The highest BCUT2D eigenvalue weighted by molar-refractivity contribution is 7.12. The number of hydrogen-bond donors (Lipinski definition) is 1. The quantitative estimate of drug-likeness (QED) is 0.813. The molecule has 4 nitrogen and oxygen atoms in total. The van der Waals surface area contributed by atoms with Crippen molar-refractivity contribution in [3.8, 4) is 0 Å². The topological polar surface area (TPSA) is 49.4 Å². The number of anilines is 1. The van der Waals surface area contributed by atoms with E-state index in [0.29, 0.717) is 0 Å². The third-order valence-corrected chi connectivity index (χ3v) is 4.55. The van der Waals surface area contributed by atoms with Crippen LogP contribution in [0, 0.1) is 6.92 Å². The Balaban J connectivity index is 1.91. The molecule has 1 aromatic carbocycles. The molecular formula is C19H22N2O2S. The molecule has 24 heavy (non-hydrogen) atoms. The number of carbonyl (C=O) groups is 2.